The molecule has 0 aliphatic rings. The molecule has 6 nitrogen and oxygen atoms in total. The molecule has 0 aliphatic heterocycles. The van der Waals surface area contributed by atoms with Gasteiger partial charge in [-0.25, -0.2) is 0 Å². The lowest BCUT2D eigenvalue weighted by molar-refractivity contribution is 0.304. The van der Waals surface area contributed by atoms with E-state index >= 15 is 0 Å². The second-order valence-corrected chi connectivity index (χ2v) is 9.27. The Balaban J connectivity index is 0.00000306. The summed E-state index contributed by atoms with van der Waals surface area (Å²) in [4.78, 5) is 0. The molecule has 0 saturated heterocycles. The fourth-order valence-electron chi connectivity index (χ4n) is 2.96. The number of hydrogen-bond donors (Lipinski definition) is 1. The first-order chi connectivity index (χ1) is 15.7. The van der Waals surface area contributed by atoms with Crippen molar-refractivity contribution in [3.63, 3.8) is 0 Å². The van der Waals surface area contributed by atoms with Crippen LogP contribution in [0.3, 0.4) is 0 Å². The normalized spacial score (nSPS) is 10.6. The Morgan fingerprint density at radius 2 is 1.76 bits per heavy atom. The summed E-state index contributed by atoms with van der Waals surface area (Å²) in [6.45, 7) is 2.09. The van der Waals surface area contributed by atoms with E-state index in [-0.39, 0.29) is 12.4 Å². The zero-order chi connectivity index (χ0) is 22.2. The molecule has 4 aromatic rings. The average Bonchev–Trinajstić information content (AvgIpc) is 3.28. The maximum atomic E-state index is 5.93. The predicted octanol–water partition coefficient (Wildman–Crippen LogP) is 5.96. The highest BCUT2D eigenvalue weighted by Crippen LogP contribution is 2.27. The van der Waals surface area contributed by atoms with E-state index in [2.05, 4.69) is 48.9 Å². The van der Waals surface area contributed by atoms with Crippen LogP contribution in [0.25, 0.3) is 5.69 Å². The van der Waals surface area contributed by atoms with Gasteiger partial charge < -0.3 is 10.1 Å². The standard InChI is InChI=1S/C23H21BrClN5OS.ClH/c24-21-14-18(8-11-22(21)31-16-17-6-9-19(25)10-7-17)15-26-12-13-32-23-27-28-29-30(23)20-4-2-1-3-5-20;/h1-11,14,26H,12-13,15-16H2;1H. The average molecular weight is 567 g/mol. The molecule has 0 amide bonds. The van der Waals surface area contributed by atoms with Gasteiger partial charge >= 0.3 is 0 Å². The Morgan fingerprint density at radius 3 is 2.52 bits per heavy atom. The van der Waals surface area contributed by atoms with Gasteiger partial charge in [-0.15, -0.1) is 17.5 Å². The minimum absolute atomic E-state index is 0. The van der Waals surface area contributed by atoms with E-state index in [1.54, 1.807) is 16.4 Å². The van der Waals surface area contributed by atoms with Crippen LogP contribution in [0, 0.1) is 0 Å². The molecule has 0 atom stereocenters. The molecule has 1 N–H and O–H groups in total. The van der Waals surface area contributed by atoms with Crippen LogP contribution >= 0.6 is 51.7 Å². The van der Waals surface area contributed by atoms with Gasteiger partial charge in [0.2, 0.25) is 5.16 Å². The smallest absolute Gasteiger partial charge is 0.214 e. The highest BCUT2D eigenvalue weighted by atomic mass is 79.9. The summed E-state index contributed by atoms with van der Waals surface area (Å²) in [5.41, 5.74) is 3.20. The zero-order valence-corrected chi connectivity index (χ0v) is 21.5. The van der Waals surface area contributed by atoms with Gasteiger partial charge in [-0.05, 0) is 73.9 Å². The maximum absolute atomic E-state index is 5.93. The molecule has 10 heteroatoms. The number of halogens is 3. The summed E-state index contributed by atoms with van der Waals surface area (Å²) in [7, 11) is 0. The molecule has 3 aromatic carbocycles. The minimum atomic E-state index is 0. The van der Waals surface area contributed by atoms with Gasteiger partial charge in [0.15, 0.2) is 0 Å². The number of benzene rings is 3. The quantitative estimate of drug-likeness (QED) is 0.189. The lowest BCUT2D eigenvalue weighted by Gasteiger charge is -2.11. The van der Waals surface area contributed by atoms with Gasteiger partial charge in [0.25, 0.3) is 0 Å². The van der Waals surface area contributed by atoms with Crippen LogP contribution in [0.1, 0.15) is 11.1 Å². The summed E-state index contributed by atoms with van der Waals surface area (Å²) >= 11 is 11.2. The van der Waals surface area contributed by atoms with E-state index in [1.165, 1.54) is 5.56 Å². The minimum Gasteiger partial charge on any atom is -0.488 e. The van der Waals surface area contributed by atoms with Crippen LogP contribution in [0.4, 0.5) is 0 Å². The molecule has 1 heterocycles. The van der Waals surface area contributed by atoms with Crippen molar-refractivity contribution in [2.24, 2.45) is 0 Å². The SMILES string of the molecule is Cl.Clc1ccc(COc2ccc(CNCCSc3nnnn3-c3ccccc3)cc2Br)cc1. The van der Waals surface area contributed by atoms with Crippen molar-refractivity contribution in [3.05, 3.63) is 93.4 Å². The first-order valence-corrected chi connectivity index (χ1v) is 12.2. The summed E-state index contributed by atoms with van der Waals surface area (Å²) in [5, 5.41) is 17.0. The first-order valence-electron chi connectivity index (χ1n) is 10.0. The molecular formula is C23H22BrCl2N5OS. The third kappa shape index (κ3) is 7.45. The first kappa shape index (κ1) is 25.5. The van der Waals surface area contributed by atoms with Gasteiger partial charge in [-0.1, -0.05) is 59.8 Å². The lowest BCUT2D eigenvalue weighted by Crippen LogP contribution is -2.16. The second kappa shape index (κ2) is 13.0. The van der Waals surface area contributed by atoms with Crippen molar-refractivity contribution in [1.82, 2.24) is 25.5 Å². The fourth-order valence-corrected chi connectivity index (χ4v) is 4.41. The number of para-hydroxylation sites is 1. The Bertz CT molecular complexity index is 1150. The largest absolute Gasteiger partial charge is 0.488 e. The lowest BCUT2D eigenvalue weighted by atomic mass is 10.2. The molecular weight excluding hydrogens is 545 g/mol. The predicted molar refractivity (Wildman–Crippen MR) is 139 cm³/mol. The van der Waals surface area contributed by atoms with E-state index in [0.29, 0.717) is 6.61 Å². The summed E-state index contributed by atoms with van der Waals surface area (Å²) in [6, 6.07) is 23.7. The van der Waals surface area contributed by atoms with Crippen molar-refractivity contribution in [2.75, 3.05) is 12.3 Å². The topological polar surface area (TPSA) is 64.9 Å². The maximum Gasteiger partial charge on any atom is 0.214 e. The molecule has 1 aromatic heterocycles. The molecule has 33 heavy (non-hydrogen) atoms. The number of ether oxygens (including phenoxy) is 1. The van der Waals surface area contributed by atoms with Crippen molar-refractivity contribution in [1.29, 1.82) is 0 Å². The summed E-state index contributed by atoms with van der Waals surface area (Å²) in [6.07, 6.45) is 0. The Hall–Kier alpha value is -2.10. The van der Waals surface area contributed by atoms with Crippen LogP contribution in [0.5, 0.6) is 5.75 Å². The van der Waals surface area contributed by atoms with Gasteiger partial charge in [0.05, 0.1) is 10.2 Å². The van der Waals surface area contributed by atoms with E-state index in [1.807, 2.05) is 60.7 Å². The number of thioether (sulfide) groups is 1. The van der Waals surface area contributed by atoms with Gasteiger partial charge in [-0.3, -0.25) is 0 Å². The van der Waals surface area contributed by atoms with Crippen LogP contribution < -0.4 is 10.1 Å². The monoisotopic (exact) mass is 565 g/mol. The molecule has 0 radical (unpaired) electrons. The van der Waals surface area contributed by atoms with Gasteiger partial charge in [0.1, 0.15) is 12.4 Å². The van der Waals surface area contributed by atoms with Crippen LogP contribution in [0.15, 0.2) is 82.4 Å². The highest BCUT2D eigenvalue weighted by molar-refractivity contribution is 9.10. The van der Waals surface area contributed by atoms with E-state index < -0.39 is 0 Å². The van der Waals surface area contributed by atoms with E-state index in [0.717, 1.165) is 50.5 Å². The Kier molecular flexibility index (Phi) is 10.0. The third-order valence-corrected chi connectivity index (χ3v) is 6.38. The Labute approximate surface area is 216 Å². The number of aromatic nitrogens is 4. The molecule has 0 fully saturated rings. The van der Waals surface area contributed by atoms with Crippen LogP contribution in [-0.2, 0) is 13.2 Å². The number of nitrogens with zero attached hydrogens (tertiary/aromatic N) is 4. The molecule has 0 spiro atoms. The summed E-state index contributed by atoms with van der Waals surface area (Å²) in [5.74, 6) is 1.67. The van der Waals surface area contributed by atoms with Crippen molar-refractivity contribution in [3.8, 4) is 11.4 Å². The number of hydrogen-bond acceptors (Lipinski definition) is 6. The molecule has 0 aliphatic carbocycles. The Morgan fingerprint density at radius 1 is 1.00 bits per heavy atom. The number of tetrazole rings is 1. The van der Waals surface area contributed by atoms with Gasteiger partial charge in [-0.2, -0.15) is 4.68 Å². The fraction of sp³-hybridized carbons (Fsp3) is 0.174. The highest BCUT2D eigenvalue weighted by Gasteiger charge is 2.08. The summed E-state index contributed by atoms with van der Waals surface area (Å²) < 4.78 is 8.60. The zero-order valence-electron chi connectivity index (χ0n) is 17.5. The van der Waals surface area contributed by atoms with Crippen molar-refractivity contribution in [2.45, 2.75) is 18.3 Å². The molecule has 4 rings (SSSR count). The van der Waals surface area contributed by atoms with Crippen LogP contribution in [0.2, 0.25) is 5.02 Å². The van der Waals surface area contributed by atoms with Gasteiger partial charge in [0, 0.05) is 23.9 Å². The number of rotatable bonds is 10. The molecule has 0 unspecified atom stereocenters. The number of nitrogens with one attached hydrogen (secondary N) is 1. The molecule has 172 valence electrons. The second-order valence-electron chi connectivity index (χ2n) is 6.91. The third-order valence-electron chi connectivity index (χ3n) is 4.58. The van der Waals surface area contributed by atoms with E-state index in [4.69, 9.17) is 16.3 Å². The van der Waals surface area contributed by atoms with E-state index in [9.17, 15) is 0 Å². The molecule has 0 saturated carbocycles. The van der Waals surface area contributed by atoms with Crippen molar-refractivity contribution >= 4 is 51.7 Å². The van der Waals surface area contributed by atoms with Crippen molar-refractivity contribution < 1.29 is 4.74 Å². The molecule has 0 bridgehead atoms. The van der Waals surface area contributed by atoms with Crippen LogP contribution in [-0.4, -0.2) is 32.5 Å².